The van der Waals surface area contributed by atoms with Crippen molar-refractivity contribution in [2.45, 2.75) is 37.4 Å². The van der Waals surface area contributed by atoms with E-state index < -0.39 is 40.0 Å². The first-order valence-electron chi connectivity index (χ1n) is 15.7. The van der Waals surface area contributed by atoms with E-state index in [0.29, 0.717) is 66.0 Å². The quantitative estimate of drug-likeness (QED) is 0.206. The molecule has 0 bridgehead atoms. The van der Waals surface area contributed by atoms with Crippen molar-refractivity contribution in [3.63, 3.8) is 0 Å². The van der Waals surface area contributed by atoms with Crippen LogP contribution >= 0.6 is 0 Å². The third kappa shape index (κ3) is 7.03. The molecule has 2 aliphatic heterocycles. The first-order valence-corrected chi connectivity index (χ1v) is 17.6. The third-order valence-electron chi connectivity index (χ3n) is 9.11. The fraction of sp³-hybridized carbons (Fsp3) is 0.324. The summed E-state index contributed by atoms with van der Waals surface area (Å²) in [4.78, 5) is 62.7. The second-order valence-corrected chi connectivity index (χ2v) is 14.7. The average molecular weight is 728 g/mol. The standard InChI is InChI=1S/C34H32F3N5O8S/c1-40-25-16-38-29-26(24(25)18-42(33(40)46)22-10-8-21(9-11-22)30(43)50-32(45)34(35,36)37)27(31(44)49-2)28(39-29)20-6-4-19(5-7-20)17-41-14-12-23(13-15-41)51(3,47)48/h4-11,16,23H,12-15,17-18H2,1-3H3,(H,38,39). The number of pyridine rings is 1. The number of methoxy groups -OCH3 is 1. The van der Waals surface area contributed by atoms with Gasteiger partial charge in [0.25, 0.3) is 0 Å². The number of likely N-dealkylation sites (tertiary alicyclic amines) is 1. The van der Waals surface area contributed by atoms with E-state index in [1.165, 1.54) is 48.5 Å². The number of nitrogens with one attached hydrogen (secondary N) is 1. The van der Waals surface area contributed by atoms with E-state index in [2.05, 4.69) is 19.6 Å². The van der Waals surface area contributed by atoms with Crippen molar-refractivity contribution < 1.29 is 50.2 Å². The Bertz CT molecular complexity index is 2140. The van der Waals surface area contributed by atoms with Crippen LogP contribution in [0.3, 0.4) is 0 Å². The summed E-state index contributed by atoms with van der Waals surface area (Å²) in [5.74, 6) is -4.80. The number of aromatic amines is 1. The summed E-state index contributed by atoms with van der Waals surface area (Å²) in [7, 11) is -0.305. The minimum atomic E-state index is -5.35. The van der Waals surface area contributed by atoms with Gasteiger partial charge in [0.2, 0.25) is 0 Å². The van der Waals surface area contributed by atoms with Crippen molar-refractivity contribution in [1.29, 1.82) is 0 Å². The number of rotatable bonds is 7. The van der Waals surface area contributed by atoms with E-state index in [0.717, 1.165) is 17.7 Å². The van der Waals surface area contributed by atoms with Crippen LogP contribution in [0.4, 0.5) is 29.3 Å². The summed E-state index contributed by atoms with van der Waals surface area (Å²) in [5.41, 5.74) is 3.59. The van der Waals surface area contributed by atoms with Crippen molar-refractivity contribution in [2.24, 2.45) is 0 Å². The monoisotopic (exact) mass is 727 g/mol. The second-order valence-electron chi connectivity index (χ2n) is 12.4. The molecule has 4 heterocycles. The molecule has 51 heavy (non-hydrogen) atoms. The molecule has 0 spiro atoms. The number of urea groups is 1. The first-order chi connectivity index (χ1) is 24.1. The number of hydrogen-bond donors (Lipinski definition) is 1. The molecule has 1 N–H and O–H groups in total. The Labute approximate surface area is 289 Å². The molecule has 2 amide bonds. The normalized spacial score (nSPS) is 15.9. The number of anilines is 2. The Kier molecular flexibility index (Phi) is 9.37. The number of amides is 2. The van der Waals surface area contributed by atoms with E-state index in [4.69, 9.17) is 4.74 Å². The molecule has 0 unspecified atom stereocenters. The van der Waals surface area contributed by atoms with Gasteiger partial charge in [-0.2, -0.15) is 13.2 Å². The van der Waals surface area contributed by atoms with E-state index in [9.17, 15) is 40.8 Å². The van der Waals surface area contributed by atoms with Gasteiger partial charge in [0.1, 0.15) is 15.5 Å². The van der Waals surface area contributed by atoms with Gasteiger partial charge in [0, 0.05) is 36.5 Å². The van der Waals surface area contributed by atoms with Crippen LogP contribution < -0.4 is 9.80 Å². The van der Waals surface area contributed by atoms with E-state index in [1.807, 2.05) is 24.3 Å². The molecule has 2 aromatic carbocycles. The lowest BCUT2D eigenvalue weighted by Gasteiger charge is -2.35. The van der Waals surface area contributed by atoms with Crippen LogP contribution in [0.25, 0.3) is 22.3 Å². The fourth-order valence-electron chi connectivity index (χ4n) is 6.40. The van der Waals surface area contributed by atoms with Gasteiger partial charge in [0.15, 0.2) is 0 Å². The number of fused-ring (bicyclic) bond motifs is 3. The summed E-state index contributed by atoms with van der Waals surface area (Å²) in [6.07, 6.45) is -1.41. The number of benzene rings is 2. The van der Waals surface area contributed by atoms with E-state index in [1.54, 1.807) is 0 Å². The number of esters is 3. The van der Waals surface area contributed by atoms with Crippen molar-refractivity contribution in [3.05, 3.63) is 77.0 Å². The van der Waals surface area contributed by atoms with Gasteiger partial charge in [0.05, 0.1) is 47.6 Å². The number of carbonyl (C=O) groups excluding carboxylic acids is 4. The lowest BCUT2D eigenvalue weighted by atomic mass is 9.99. The summed E-state index contributed by atoms with van der Waals surface area (Å²) in [5, 5.41) is 0.0977. The van der Waals surface area contributed by atoms with E-state index in [-0.39, 0.29) is 28.6 Å². The smallest absolute Gasteiger partial charge is 0.465 e. The highest BCUT2D eigenvalue weighted by Crippen LogP contribution is 2.40. The minimum Gasteiger partial charge on any atom is -0.465 e. The Hall–Kier alpha value is -5.29. The largest absolute Gasteiger partial charge is 0.491 e. The summed E-state index contributed by atoms with van der Waals surface area (Å²) < 4.78 is 70.6. The molecule has 0 radical (unpaired) electrons. The predicted molar refractivity (Wildman–Crippen MR) is 179 cm³/mol. The average Bonchev–Trinajstić information content (AvgIpc) is 3.49. The molecule has 0 atom stereocenters. The third-order valence-corrected chi connectivity index (χ3v) is 10.8. The van der Waals surface area contributed by atoms with Crippen LogP contribution in [-0.4, -0.2) is 92.2 Å². The van der Waals surface area contributed by atoms with Crippen LogP contribution in [0.15, 0.2) is 54.7 Å². The predicted octanol–water partition coefficient (Wildman–Crippen LogP) is 4.85. The van der Waals surface area contributed by atoms with Crippen LogP contribution in [-0.2, 0) is 37.2 Å². The SMILES string of the molecule is COC(=O)c1c(-c2ccc(CN3CCC(S(C)(=O)=O)CC3)cc2)[nH]c2ncc3c(c12)CN(c1ccc(C(=O)OC(=O)C(F)(F)F)cc1)C(=O)N3C. The number of alkyl halides is 3. The number of halogens is 3. The number of hydrogen-bond acceptors (Lipinski definition) is 10. The zero-order chi connectivity index (χ0) is 36.8. The second kappa shape index (κ2) is 13.4. The lowest BCUT2D eigenvalue weighted by Crippen LogP contribution is -2.45. The number of nitrogens with zero attached hydrogens (tertiary/aromatic N) is 4. The summed E-state index contributed by atoms with van der Waals surface area (Å²) >= 11 is 0. The molecule has 4 aromatic rings. The van der Waals surface area contributed by atoms with Gasteiger partial charge >= 0.3 is 30.1 Å². The summed E-state index contributed by atoms with van der Waals surface area (Å²) in [6, 6.07) is 12.0. The van der Waals surface area contributed by atoms with Crippen LogP contribution in [0.5, 0.6) is 0 Å². The Morgan fingerprint density at radius 1 is 1.00 bits per heavy atom. The molecule has 0 saturated carbocycles. The van der Waals surface area contributed by atoms with Crippen molar-refractivity contribution in [1.82, 2.24) is 14.9 Å². The van der Waals surface area contributed by atoms with Crippen LogP contribution in [0.2, 0.25) is 0 Å². The number of ether oxygens (including phenoxy) is 2. The maximum Gasteiger partial charge on any atom is 0.491 e. The van der Waals surface area contributed by atoms with Gasteiger partial charge in [-0.25, -0.2) is 32.6 Å². The van der Waals surface area contributed by atoms with Crippen LogP contribution in [0.1, 0.15) is 44.7 Å². The Balaban J connectivity index is 1.29. The van der Waals surface area contributed by atoms with Crippen molar-refractivity contribution >= 4 is 56.2 Å². The Morgan fingerprint density at radius 2 is 1.65 bits per heavy atom. The first kappa shape index (κ1) is 35.5. The molecule has 268 valence electrons. The molecule has 2 aliphatic rings. The topological polar surface area (TPSA) is 159 Å². The molecule has 6 rings (SSSR count). The molecular formula is C34H32F3N5O8S. The molecule has 1 fully saturated rings. The molecule has 1 saturated heterocycles. The zero-order valence-corrected chi connectivity index (χ0v) is 28.4. The fourth-order valence-corrected chi connectivity index (χ4v) is 7.47. The van der Waals surface area contributed by atoms with Gasteiger partial charge in [-0.3, -0.25) is 14.7 Å². The molecule has 2 aromatic heterocycles. The zero-order valence-electron chi connectivity index (χ0n) is 27.6. The highest BCUT2D eigenvalue weighted by atomic mass is 32.2. The number of aromatic nitrogens is 2. The van der Waals surface area contributed by atoms with E-state index >= 15 is 0 Å². The lowest BCUT2D eigenvalue weighted by molar-refractivity contribution is -0.193. The van der Waals surface area contributed by atoms with Crippen LogP contribution in [0, 0.1) is 0 Å². The van der Waals surface area contributed by atoms with Gasteiger partial charge < -0.3 is 14.5 Å². The molecule has 13 nitrogen and oxygen atoms in total. The number of H-pyrrole nitrogens is 1. The minimum absolute atomic E-state index is 0.0515. The van der Waals surface area contributed by atoms with Gasteiger partial charge in [-0.15, -0.1) is 0 Å². The maximum absolute atomic E-state index is 13.5. The molecule has 0 aliphatic carbocycles. The van der Waals surface area contributed by atoms with Crippen molar-refractivity contribution in [3.8, 4) is 11.3 Å². The van der Waals surface area contributed by atoms with Gasteiger partial charge in [-0.05, 0) is 61.3 Å². The van der Waals surface area contributed by atoms with Crippen molar-refractivity contribution in [2.75, 3.05) is 43.3 Å². The number of piperidine rings is 1. The molecular weight excluding hydrogens is 695 g/mol. The number of carbonyl (C=O) groups is 4. The maximum atomic E-state index is 13.5. The highest BCUT2D eigenvalue weighted by Gasteiger charge is 2.42. The van der Waals surface area contributed by atoms with Gasteiger partial charge in [-0.1, -0.05) is 24.3 Å². The number of sulfone groups is 1. The Morgan fingerprint density at radius 3 is 2.24 bits per heavy atom. The summed E-state index contributed by atoms with van der Waals surface area (Å²) in [6.45, 7) is 1.91. The molecule has 17 heteroatoms. The highest BCUT2D eigenvalue weighted by molar-refractivity contribution is 7.91.